The molecule has 1 aliphatic rings. The second kappa shape index (κ2) is 12.5. The minimum absolute atomic E-state index is 0.486. The minimum atomic E-state index is 0.486. The molecule has 0 aromatic carbocycles. The Morgan fingerprint density at radius 3 is 2.33 bits per heavy atom. The summed E-state index contributed by atoms with van der Waals surface area (Å²) in [5.41, 5.74) is 0. The molecule has 0 saturated carbocycles. The maximum Gasteiger partial charge on any atom is 0.191 e. The van der Waals surface area contributed by atoms with Gasteiger partial charge in [-0.2, -0.15) is 0 Å². The van der Waals surface area contributed by atoms with Crippen LogP contribution in [0.3, 0.4) is 0 Å². The van der Waals surface area contributed by atoms with E-state index in [-0.39, 0.29) is 0 Å². The molecule has 0 bridgehead atoms. The maximum atomic E-state index is 4.35. The van der Waals surface area contributed by atoms with E-state index < -0.39 is 0 Å². The summed E-state index contributed by atoms with van der Waals surface area (Å²) in [6, 6.07) is 0.486. The lowest BCUT2D eigenvalue weighted by Gasteiger charge is -2.32. The summed E-state index contributed by atoms with van der Waals surface area (Å²) in [6.07, 6.45) is 6.27. The molecule has 0 radical (unpaired) electrons. The molecule has 24 heavy (non-hydrogen) atoms. The predicted molar refractivity (Wildman–Crippen MR) is 106 cm³/mol. The molecule has 0 aromatic rings. The molecule has 1 rings (SSSR count). The van der Waals surface area contributed by atoms with Crippen LogP contribution in [0.25, 0.3) is 0 Å². The van der Waals surface area contributed by atoms with Crippen LogP contribution in [0.2, 0.25) is 0 Å². The number of piperazine rings is 1. The van der Waals surface area contributed by atoms with Crippen molar-refractivity contribution < 1.29 is 0 Å². The molecule has 1 unspecified atom stereocenters. The number of guanidine groups is 1. The first-order valence-electron chi connectivity index (χ1n) is 9.89. The van der Waals surface area contributed by atoms with Gasteiger partial charge >= 0.3 is 0 Å². The average Bonchev–Trinajstić information content (AvgIpc) is 2.54. The van der Waals surface area contributed by atoms with E-state index in [4.69, 9.17) is 0 Å². The van der Waals surface area contributed by atoms with E-state index in [9.17, 15) is 0 Å². The van der Waals surface area contributed by atoms with Crippen LogP contribution < -0.4 is 10.6 Å². The van der Waals surface area contributed by atoms with Crippen molar-refractivity contribution in [2.24, 2.45) is 10.9 Å². The van der Waals surface area contributed by atoms with Crippen molar-refractivity contribution >= 4 is 5.96 Å². The molecule has 0 spiro atoms. The first-order valence-corrected chi connectivity index (χ1v) is 9.89. The fourth-order valence-corrected chi connectivity index (χ4v) is 3.07. The molecule has 0 aromatic heterocycles. The molecule has 1 aliphatic heterocycles. The Morgan fingerprint density at radius 2 is 1.71 bits per heavy atom. The number of hydrogen-bond acceptors (Lipinski definition) is 3. The van der Waals surface area contributed by atoms with E-state index in [1.165, 1.54) is 64.8 Å². The third-order valence-electron chi connectivity index (χ3n) is 4.81. The summed E-state index contributed by atoms with van der Waals surface area (Å²) in [6.45, 7) is 13.9. The van der Waals surface area contributed by atoms with E-state index >= 15 is 0 Å². The predicted octanol–water partition coefficient (Wildman–Crippen LogP) is 2.39. The number of rotatable bonds is 10. The third-order valence-corrected chi connectivity index (χ3v) is 4.81. The number of nitrogens with one attached hydrogen (secondary N) is 2. The average molecular weight is 340 g/mol. The van der Waals surface area contributed by atoms with Crippen LogP contribution in [0.5, 0.6) is 0 Å². The van der Waals surface area contributed by atoms with E-state index in [2.05, 4.69) is 53.2 Å². The van der Waals surface area contributed by atoms with Crippen molar-refractivity contribution in [3.05, 3.63) is 0 Å². The van der Waals surface area contributed by atoms with Crippen molar-refractivity contribution in [2.75, 3.05) is 53.4 Å². The summed E-state index contributed by atoms with van der Waals surface area (Å²) < 4.78 is 0. The number of likely N-dealkylation sites (N-methyl/N-ethyl adjacent to an activating group) is 1. The Kier molecular flexibility index (Phi) is 11.1. The second-order valence-corrected chi connectivity index (χ2v) is 7.72. The summed E-state index contributed by atoms with van der Waals surface area (Å²) >= 11 is 0. The van der Waals surface area contributed by atoms with Crippen molar-refractivity contribution in [3.63, 3.8) is 0 Å². The van der Waals surface area contributed by atoms with Crippen LogP contribution in [-0.4, -0.2) is 75.2 Å². The van der Waals surface area contributed by atoms with E-state index in [0.717, 1.165) is 18.4 Å². The van der Waals surface area contributed by atoms with E-state index in [1.54, 1.807) is 0 Å². The quantitative estimate of drug-likeness (QED) is 0.364. The maximum absolute atomic E-state index is 4.35. The number of nitrogens with zero attached hydrogens (tertiary/aromatic N) is 3. The topological polar surface area (TPSA) is 42.9 Å². The second-order valence-electron chi connectivity index (χ2n) is 7.72. The Morgan fingerprint density at radius 1 is 1.00 bits per heavy atom. The van der Waals surface area contributed by atoms with Crippen molar-refractivity contribution in [2.45, 2.75) is 58.9 Å². The molecule has 2 N–H and O–H groups in total. The Balaban J connectivity index is 2.05. The minimum Gasteiger partial charge on any atom is -0.356 e. The lowest BCUT2D eigenvalue weighted by Crippen LogP contribution is -2.45. The van der Waals surface area contributed by atoms with Crippen LogP contribution in [-0.2, 0) is 0 Å². The number of unbranched alkanes of at least 4 members (excludes halogenated alkanes) is 1. The lowest BCUT2D eigenvalue weighted by molar-refractivity contribution is 0.152. The van der Waals surface area contributed by atoms with Gasteiger partial charge in [0.05, 0.1) is 0 Å². The van der Waals surface area contributed by atoms with Crippen molar-refractivity contribution in [3.8, 4) is 0 Å². The highest BCUT2D eigenvalue weighted by atomic mass is 15.2. The van der Waals surface area contributed by atoms with E-state index in [0.29, 0.717) is 6.04 Å². The Bertz CT molecular complexity index is 335. The Hall–Kier alpha value is -0.810. The van der Waals surface area contributed by atoms with Crippen LogP contribution in [0.1, 0.15) is 52.9 Å². The normalized spacial score (nSPS) is 18.8. The molecule has 0 aliphatic carbocycles. The van der Waals surface area contributed by atoms with E-state index in [1.807, 2.05) is 7.05 Å². The van der Waals surface area contributed by atoms with Gasteiger partial charge in [0.2, 0.25) is 0 Å². The largest absolute Gasteiger partial charge is 0.356 e. The SMILES string of the molecule is CN=C(NCCCCN1CCN(C)CC1)NC(C)CCCC(C)C. The first-order chi connectivity index (χ1) is 11.5. The molecule has 5 nitrogen and oxygen atoms in total. The van der Waals surface area contributed by atoms with Gasteiger partial charge in [-0.15, -0.1) is 0 Å². The highest BCUT2D eigenvalue weighted by Crippen LogP contribution is 2.08. The fourth-order valence-electron chi connectivity index (χ4n) is 3.07. The van der Waals surface area contributed by atoms with Gasteiger partial charge in [0.1, 0.15) is 0 Å². The zero-order valence-corrected chi connectivity index (χ0v) is 16.8. The van der Waals surface area contributed by atoms with Crippen molar-refractivity contribution in [1.82, 2.24) is 20.4 Å². The zero-order chi connectivity index (χ0) is 17.8. The molecule has 5 heteroatoms. The van der Waals surface area contributed by atoms with Crippen LogP contribution in [0.15, 0.2) is 4.99 Å². The zero-order valence-electron chi connectivity index (χ0n) is 16.8. The number of hydrogen-bond donors (Lipinski definition) is 2. The number of aliphatic imine (C=N–C) groups is 1. The smallest absolute Gasteiger partial charge is 0.191 e. The van der Waals surface area contributed by atoms with Gasteiger partial charge in [0.25, 0.3) is 0 Å². The summed E-state index contributed by atoms with van der Waals surface area (Å²) in [5.74, 6) is 1.75. The molecule has 1 saturated heterocycles. The lowest BCUT2D eigenvalue weighted by atomic mass is 10.0. The van der Waals surface area contributed by atoms with Gasteiger partial charge in [-0.05, 0) is 45.7 Å². The molecule has 1 heterocycles. The molecular weight excluding hydrogens is 298 g/mol. The van der Waals surface area contributed by atoms with Gasteiger partial charge in [0.15, 0.2) is 5.96 Å². The first kappa shape index (κ1) is 21.2. The summed E-state index contributed by atoms with van der Waals surface area (Å²) in [7, 11) is 4.07. The monoisotopic (exact) mass is 339 g/mol. The molecule has 1 fully saturated rings. The highest BCUT2D eigenvalue weighted by Gasteiger charge is 2.12. The highest BCUT2D eigenvalue weighted by molar-refractivity contribution is 5.79. The fraction of sp³-hybridized carbons (Fsp3) is 0.947. The van der Waals surface area contributed by atoms with Crippen LogP contribution >= 0.6 is 0 Å². The Labute approximate surface area is 150 Å². The van der Waals surface area contributed by atoms with Crippen molar-refractivity contribution in [1.29, 1.82) is 0 Å². The van der Waals surface area contributed by atoms with Crippen LogP contribution in [0.4, 0.5) is 0 Å². The van der Waals surface area contributed by atoms with Gasteiger partial charge in [-0.25, -0.2) is 0 Å². The van der Waals surface area contributed by atoms with Gasteiger partial charge in [0, 0.05) is 45.8 Å². The third kappa shape index (κ3) is 10.1. The van der Waals surface area contributed by atoms with Crippen LogP contribution in [0, 0.1) is 5.92 Å². The van der Waals surface area contributed by atoms with Gasteiger partial charge < -0.3 is 20.4 Å². The summed E-state index contributed by atoms with van der Waals surface area (Å²) in [4.78, 5) is 9.35. The summed E-state index contributed by atoms with van der Waals surface area (Å²) in [5, 5.41) is 6.96. The van der Waals surface area contributed by atoms with Gasteiger partial charge in [-0.3, -0.25) is 4.99 Å². The molecular formula is C19H41N5. The molecule has 142 valence electrons. The molecule has 0 amide bonds. The van der Waals surface area contributed by atoms with Gasteiger partial charge in [-0.1, -0.05) is 26.7 Å². The standard InChI is InChI=1S/C19H41N5/c1-17(2)9-8-10-18(3)22-19(20-4)21-11-6-7-12-24-15-13-23(5)14-16-24/h17-18H,6-16H2,1-5H3,(H2,20,21,22). The molecule has 1 atom stereocenters.